The van der Waals surface area contributed by atoms with Crippen LogP contribution in [0.1, 0.15) is 34.0 Å². The SMILES string of the molecule is C1=c2ccc([nH]2)=Cc2ccc([nH]2)C(c2ccccn2)=c2ccc([nH]2)=C(c2ccccc2)c2ccc1[nH]2. The average Bonchev–Trinajstić information content (AvgIpc) is 3.72. The first kappa shape index (κ1) is 20.4. The Hall–Kier alpha value is -5.03. The highest BCUT2D eigenvalue weighted by molar-refractivity contribution is 5.79. The van der Waals surface area contributed by atoms with E-state index in [0.29, 0.717) is 0 Å². The third-order valence-electron chi connectivity index (χ3n) is 6.52. The van der Waals surface area contributed by atoms with Crippen LogP contribution < -0.4 is 21.4 Å². The third-order valence-corrected chi connectivity index (χ3v) is 6.52. The summed E-state index contributed by atoms with van der Waals surface area (Å²) in [7, 11) is 0. The van der Waals surface area contributed by atoms with E-state index in [1.165, 1.54) is 0 Å². The smallest absolute Gasteiger partial charge is 0.0743 e. The second kappa shape index (κ2) is 8.32. The fraction of sp³-hybridized carbons (Fsp3) is 0. The maximum atomic E-state index is 4.69. The van der Waals surface area contributed by atoms with E-state index in [1.807, 2.05) is 30.5 Å². The minimum Gasteiger partial charge on any atom is -0.355 e. The maximum absolute atomic E-state index is 4.69. The van der Waals surface area contributed by atoms with Crippen LogP contribution in [0.15, 0.2) is 103 Å². The molecule has 172 valence electrons. The zero-order valence-electron chi connectivity index (χ0n) is 19.4. The zero-order valence-corrected chi connectivity index (χ0v) is 19.4. The number of H-pyrrole nitrogens is 4. The fourth-order valence-electron chi connectivity index (χ4n) is 4.90. The molecule has 1 aromatic carbocycles. The van der Waals surface area contributed by atoms with Crippen LogP contribution in [0.25, 0.3) is 23.3 Å². The molecule has 0 atom stereocenters. The molecule has 0 fully saturated rings. The Bertz CT molecular complexity index is 1790. The normalized spacial score (nSPS) is 12.8. The molecule has 0 radical (unpaired) electrons. The number of nitrogens with one attached hydrogen (secondary N) is 4. The van der Waals surface area contributed by atoms with Crippen molar-refractivity contribution in [3.63, 3.8) is 0 Å². The predicted molar refractivity (Wildman–Crippen MR) is 143 cm³/mol. The van der Waals surface area contributed by atoms with Crippen LogP contribution in [0, 0.1) is 0 Å². The van der Waals surface area contributed by atoms with Gasteiger partial charge in [0, 0.05) is 50.5 Å². The van der Waals surface area contributed by atoms with Crippen molar-refractivity contribution in [1.82, 2.24) is 24.9 Å². The number of nitrogens with zero attached hydrogens (tertiary/aromatic N) is 1. The van der Waals surface area contributed by atoms with Crippen LogP contribution >= 0.6 is 0 Å². The van der Waals surface area contributed by atoms with Crippen molar-refractivity contribution < 1.29 is 0 Å². The molecule has 0 unspecified atom stereocenters. The van der Waals surface area contributed by atoms with Gasteiger partial charge >= 0.3 is 0 Å². The summed E-state index contributed by atoms with van der Waals surface area (Å²) in [6.07, 6.45) is 6.08. The van der Waals surface area contributed by atoms with E-state index in [4.69, 9.17) is 0 Å². The summed E-state index contributed by atoms with van der Waals surface area (Å²) in [4.78, 5) is 19.1. The highest BCUT2D eigenvalue weighted by Gasteiger charge is 2.13. The molecule has 5 heteroatoms. The predicted octanol–water partition coefficient (Wildman–Crippen LogP) is 2.86. The summed E-state index contributed by atoms with van der Waals surface area (Å²) in [5.74, 6) is 0. The first-order valence-electron chi connectivity index (χ1n) is 12.0. The lowest BCUT2D eigenvalue weighted by atomic mass is 10.0. The maximum Gasteiger partial charge on any atom is 0.0743 e. The minimum atomic E-state index is 0.903. The lowest BCUT2D eigenvalue weighted by molar-refractivity contribution is 1.18. The minimum absolute atomic E-state index is 0.903. The van der Waals surface area contributed by atoms with Crippen molar-refractivity contribution in [2.45, 2.75) is 0 Å². The Morgan fingerprint density at radius 1 is 0.472 bits per heavy atom. The number of hydrogen-bond donors (Lipinski definition) is 4. The van der Waals surface area contributed by atoms with E-state index in [1.54, 1.807) is 0 Å². The highest BCUT2D eigenvalue weighted by atomic mass is 14.8. The Labute approximate surface area is 206 Å². The Kier molecular flexibility index (Phi) is 4.71. The molecule has 0 saturated heterocycles. The van der Waals surface area contributed by atoms with Gasteiger partial charge in [0.15, 0.2) is 0 Å². The summed E-state index contributed by atoms with van der Waals surface area (Å²) in [5, 5.41) is 4.10. The quantitative estimate of drug-likeness (QED) is 0.311. The number of benzene rings is 1. The van der Waals surface area contributed by atoms with Crippen LogP contribution in [0.3, 0.4) is 0 Å². The van der Waals surface area contributed by atoms with Gasteiger partial charge in [-0.1, -0.05) is 36.4 Å². The van der Waals surface area contributed by atoms with Crippen molar-refractivity contribution in [3.8, 4) is 0 Å². The van der Waals surface area contributed by atoms with Crippen molar-refractivity contribution >= 4 is 23.3 Å². The van der Waals surface area contributed by atoms with E-state index < -0.39 is 0 Å². The first-order chi connectivity index (χ1) is 17.8. The van der Waals surface area contributed by atoms with Gasteiger partial charge in [-0.15, -0.1) is 0 Å². The van der Waals surface area contributed by atoms with E-state index >= 15 is 0 Å². The number of aromatic nitrogens is 5. The molecule has 4 N–H and O–H groups in total. The molecule has 7 rings (SSSR count). The molecule has 1 aliphatic rings. The fourth-order valence-corrected chi connectivity index (χ4v) is 4.90. The first-order valence-corrected chi connectivity index (χ1v) is 12.0. The Morgan fingerprint density at radius 2 is 1.11 bits per heavy atom. The molecule has 36 heavy (non-hydrogen) atoms. The van der Waals surface area contributed by atoms with Crippen LogP contribution in [0.2, 0.25) is 0 Å². The van der Waals surface area contributed by atoms with Crippen LogP contribution in [-0.4, -0.2) is 24.9 Å². The van der Waals surface area contributed by atoms with Gasteiger partial charge < -0.3 is 19.9 Å². The Balaban J connectivity index is 1.61. The topological polar surface area (TPSA) is 76.0 Å². The van der Waals surface area contributed by atoms with Gasteiger partial charge in [0.1, 0.15) is 0 Å². The summed E-state index contributed by atoms with van der Waals surface area (Å²) in [5.41, 5.74) is 8.28. The molecule has 6 aromatic rings. The number of pyridine rings is 1. The lowest BCUT2D eigenvalue weighted by Gasteiger charge is -2.06. The molecule has 8 bridgehead atoms. The number of aromatic amines is 4. The molecule has 1 aliphatic heterocycles. The van der Waals surface area contributed by atoms with E-state index in [-0.39, 0.29) is 0 Å². The summed E-state index contributed by atoms with van der Waals surface area (Å²) < 4.78 is 0. The molecule has 5 aromatic heterocycles. The molecule has 6 heterocycles. The van der Waals surface area contributed by atoms with E-state index in [0.717, 1.165) is 66.6 Å². The van der Waals surface area contributed by atoms with Crippen molar-refractivity contribution in [1.29, 1.82) is 0 Å². The van der Waals surface area contributed by atoms with Crippen molar-refractivity contribution in [2.75, 3.05) is 0 Å². The molecule has 5 nitrogen and oxygen atoms in total. The van der Waals surface area contributed by atoms with E-state index in [2.05, 4.69) is 110 Å². The third kappa shape index (κ3) is 3.63. The molecule has 0 aliphatic carbocycles. The summed E-state index contributed by atoms with van der Waals surface area (Å²) in [6, 6.07) is 33.4. The number of hydrogen-bond acceptors (Lipinski definition) is 1. The van der Waals surface area contributed by atoms with Gasteiger partial charge in [0.05, 0.1) is 16.7 Å². The van der Waals surface area contributed by atoms with Gasteiger partial charge in [-0.3, -0.25) is 4.98 Å². The molecule has 0 amide bonds. The second-order valence-corrected chi connectivity index (χ2v) is 8.93. The molecule has 0 saturated carbocycles. The largest absolute Gasteiger partial charge is 0.355 e. The van der Waals surface area contributed by atoms with Crippen LogP contribution in [0.4, 0.5) is 0 Å². The van der Waals surface area contributed by atoms with Crippen molar-refractivity contribution in [2.24, 2.45) is 0 Å². The molecule has 0 spiro atoms. The zero-order chi connectivity index (χ0) is 23.9. The second-order valence-electron chi connectivity index (χ2n) is 8.93. The summed E-state index contributed by atoms with van der Waals surface area (Å²) in [6.45, 7) is 0. The van der Waals surface area contributed by atoms with E-state index in [9.17, 15) is 0 Å². The average molecular weight is 466 g/mol. The Morgan fingerprint density at radius 3 is 1.78 bits per heavy atom. The lowest BCUT2D eigenvalue weighted by Crippen LogP contribution is -2.18. The molecular weight excluding hydrogens is 442 g/mol. The highest BCUT2D eigenvalue weighted by Crippen LogP contribution is 2.21. The molecular formula is C31H23N5. The van der Waals surface area contributed by atoms with Gasteiger partial charge in [0.25, 0.3) is 0 Å². The van der Waals surface area contributed by atoms with Gasteiger partial charge in [0.2, 0.25) is 0 Å². The number of rotatable bonds is 2. The van der Waals surface area contributed by atoms with Crippen molar-refractivity contribution in [3.05, 3.63) is 159 Å². The monoisotopic (exact) mass is 465 g/mol. The standard InChI is InChI=1S/C31H23N5/c1-2-6-20(7-3-1)30-26-13-11-23(34-26)18-21-9-10-22(33-21)19-24-12-14-28(35-24)31(25-8-4-5-17-32-25)29-16-15-27(30)36-29/h1-19,33-36H. The van der Waals surface area contributed by atoms with Gasteiger partial charge in [-0.05, 0) is 78.4 Å². The van der Waals surface area contributed by atoms with Gasteiger partial charge in [-0.2, -0.15) is 0 Å². The van der Waals surface area contributed by atoms with Gasteiger partial charge in [-0.25, -0.2) is 0 Å². The number of fused-ring (bicyclic) bond motifs is 8. The van der Waals surface area contributed by atoms with Crippen LogP contribution in [-0.2, 0) is 0 Å². The summed E-state index contributed by atoms with van der Waals surface area (Å²) >= 11 is 0. The van der Waals surface area contributed by atoms with Crippen LogP contribution in [0.5, 0.6) is 0 Å².